The fourth-order valence-corrected chi connectivity index (χ4v) is 3.63. The summed E-state index contributed by atoms with van der Waals surface area (Å²) in [5.41, 5.74) is 5.88. The molecular weight excluding hydrogens is 272 g/mol. The SMILES string of the molecule is CN(C1CCC1)C(CN)c1ccc(Br)s1. The summed E-state index contributed by atoms with van der Waals surface area (Å²) < 4.78 is 1.19. The van der Waals surface area contributed by atoms with Crippen molar-refractivity contribution in [3.63, 3.8) is 0 Å². The quantitative estimate of drug-likeness (QED) is 0.923. The van der Waals surface area contributed by atoms with Crippen LogP contribution in [0.15, 0.2) is 15.9 Å². The molecule has 15 heavy (non-hydrogen) atoms. The number of nitrogens with zero attached hydrogens (tertiary/aromatic N) is 1. The Morgan fingerprint density at radius 1 is 1.60 bits per heavy atom. The molecule has 1 aliphatic rings. The molecule has 4 heteroatoms. The van der Waals surface area contributed by atoms with Gasteiger partial charge < -0.3 is 5.73 Å². The van der Waals surface area contributed by atoms with Crippen LogP contribution in [0, 0.1) is 0 Å². The Morgan fingerprint density at radius 2 is 2.33 bits per heavy atom. The standard InChI is InChI=1S/C11H17BrN2S/c1-14(8-3-2-4-8)9(7-13)10-5-6-11(12)15-10/h5-6,8-9H,2-4,7,13H2,1H3. The molecule has 0 bridgehead atoms. The minimum Gasteiger partial charge on any atom is -0.329 e. The Morgan fingerprint density at radius 3 is 2.73 bits per heavy atom. The van der Waals surface area contributed by atoms with E-state index in [1.54, 1.807) is 11.3 Å². The van der Waals surface area contributed by atoms with Gasteiger partial charge in [0.15, 0.2) is 0 Å². The first kappa shape index (κ1) is 11.6. The highest BCUT2D eigenvalue weighted by Crippen LogP contribution is 2.34. The predicted molar refractivity (Wildman–Crippen MR) is 69.2 cm³/mol. The third-order valence-electron chi connectivity index (χ3n) is 3.29. The molecule has 1 unspecified atom stereocenters. The van der Waals surface area contributed by atoms with Crippen molar-refractivity contribution >= 4 is 27.3 Å². The lowest BCUT2D eigenvalue weighted by molar-refractivity contribution is 0.115. The van der Waals surface area contributed by atoms with Gasteiger partial charge in [-0.05, 0) is 48.0 Å². The van der Waals surface area contributed by atoms with Crippen LogP contribution in [0.3, 0.4) is 0 Å². The van der Waals surface area contributed by atoms with Gasteiger partial charge in [0, 0.05) is 17.5 Å². The Balaban J connectivity index is 2.08. The smallest absolute Gasteiger partial charge is 0.0702 e. The Hall–Kier alpha value is 0.1000. The summed E-state index contributed by atoms with van der Waals surface area (Å²) in [6, 6.07) is 5.43. The molecule has 1 aromatic heterocycles. The van der Waals surface area contributed by atoms with Gasteiger partial charge in [-0.25, -0.2) is 0 Å². The van der Waals surface area contributed by atoms with Gasteiger partial charge in [0.2, 0.25) is 0 Å². The number of likely N-dealkylation sites (N-methyl/N-ethyl adjacent to an activating group) is 1. The minimum absolute atomic E-state index is 0.395. The molecule has 2 nitrogen and oxygen atoms in total. The number of rotatable bonds is 4. The molecule has 2 N–H and O–H groups in total. The summed E-state index contributed by atoms with van der Waals surface area (Å²) in [6.07, 6.45) is 4.04. The average Bonchev–Trinajstić information content (AvgIpc) is 2.50. The van der Waals surface area contributed by atoms with Gasteiger partial charge in [0.25, 0.3) is 0 Å². The Labute approximate surface area is 104 Å². The number of thiophene rings is 1. The van der Waals surface area contributed by atoms with E-state index in [4.69, 9.17) is 5.73 Å². The molecule has 1 heterocycles. The summed E-state index contributed by atoms with van der Waals surface area (Å²) in [6.45, 7) is 0.708. The van der Waals surface area contributed by atoms with Crippen LogP contribution in [0.1, 0.15) is 30.2 Å². The van der Waals surface area contributed by atoms with Gasteiger partial charge in [-0.1, -0.05) is 6.42 Å². The zero-order valence-corrected chi connectivity index (χ0v) is 11.4. The predicted octanol–water partition coefficient (Wildman–Crippen LogP) is 2.99. The number of hydrogen-bond acceptors (Lipinski definition) is 3. The molecule has 0 aliphatic heterocycles. The second-order valence-corrected chi connectivity index (χ2v) is 6.64. The molecule has 2 rings (SSSR count). The highest BCUT2D eigenvalue weighted by atomic mass is 79.9. The van der Waals surface area contributed by atoms with E-state index in [1.165, 1.54) is 27.9 Å². The number of hydrogen-bond donors (Lipinski definition) is 1. The van der Waals surface area contributed by atoms with Crippen molar-refractivity contribution in [1.82, 2.24) is 4.90 Å². The molecule has 1 fully saturated rings. The molecule has 0 aromatic carbocycles. The zero-order chi connectivity index (χ0) is 10.8. The number of nitrogens with two attached hydrogens (primary N) is 1. The van der Waals surface area contributed by atoms with E-state index in [1.807, 2.05) is 0 Å². The third kappa shape index (κ3) is 2.44. The third-order valence-corrected chi connectivity index (χ3v) is 5.01. The molecule has 0 radical (unpaired) electrons. The van der Waals surface area contributed by atoms with Crippen LogP contribution in [0.25, 0.3) is 0 Å². The van der Waals surface area contributed by atoms with Crippen LogP contribution >= 0.6 is 27.3 Å². The molecule has 0 spiro atoms. The maximum Gasteiger partial charge on any atom is 0.0702 e. The molecular formula is C11H17BrN2S. The molecule has 1 aromatic rings. The lowest BCUT2D eigenvalue weighted by Crippen LogP contribution is -2.42. The van der Waals surface area contributed by atoms with Crippen molar-refractivity contribution in [3.8, 4) is 0 Å². The number of halogens is 1. The highest BCUT2D eigenvalue weighted by molar-refractivity contribution is 9.11. The van der Waals surface area contributed by atoms with Crippen LogP contribution in [0.5, 0.6) is 0 Å². The van der Waals surface area contributed by atoms with Gasteiger partial charge in [-0.15, -0.1) is 11.3 Å². The topological polar surface area (TPSA) is 29.3 Å². The van der Waals surface area contributed by atoms with Crippen molar-refractivity contribution < 1.29 is 0 Å². The first-order valence-electron chi connectivity index (χ1n) is 5.39. The van der Waals surface area contributed by atoms with Crippen LogP contribution in [-0.4, -0.2) is 24.5 Å². The van der Waals surface area contributed by atoms with E-state index >= 15 is 0 Å². The fourth-order valence-electron chi connectivity index (χ4n) is 2.04. The molecule has 84 valence electrons. The van der Waals surface area contributed by atoms with E-state index in [-0.39, 0.29) is 0 Å². The summed E-state index contributed by atoms with van der Waals surface area (Å²) in [5.74, 6) is 0. The van der Waals surface area contributed by atoms with Crippen molar-refractivity contribution in [2.75, 3.05) is 13.6 Å². The van der Waals surface area contributed by atoms with E-state index in [2.05, 4.69) is 40.0 Å². The van der Waals surface area contributed by atoms with E-state index < -0.39 is 0 Å². The lowest BCUT2D eigenvalue weighted by Gasteiger charge is -2.39. The van der Waals surface area contributed by atoms with Crippen molar-refractivity contribution in [1.29, 1.82) is 0 Å². The maximum absolute atomic E-state index is 5.88. The van der Waals surface area contributed by atoms with Crippen LogP contribution in [0.2, 0.25) is 0 Å². The fraction of sp³-hybridized carbons (Fsp3) is 0.636. The summed E-state index contributed by atoms with van der Waals surface area (Å²) in [7, 11) is 2.20. The van der Waals surface area contributed by atoms with Gasteiger partial charge in [0.1, 0.15) is 0 Å². The van der Waals surface area contributed by atoms with Crippen LogP contribution in [0.4, 0.5) is 0 Å². The largest absolute Gasteiger partial charge is 0.329 e. The normalized spacial score (nSPS) is 19.2. The van der Waals surface area contributed by atoms with Gasteiger partial charge in [0.05, 0.1) is 9.83 Å². The van der Waals surface area contributed by atoms with E-state index in [0.29, 0.717) is 12.6 Å². The van der Waals surface area contributed by atoms with Crippen LogP contribution < -0.4 is 5.73 Å². The van der Waals surface area contributed by atoms with Gasteiger partial charge in [-0.3, -0.25) is 4.90 Å². The first-order chi connectivity index (χ1) is 7.22. The first-order valence-corrected chi connectivity index (χ1v) is 7.00. The second kappa shape index (κ2) is 4.95. The van der Waals surface area contributed by atoms with Crippen LogP contribution in [-0.2, 0) is 0 Å². The van der Waals surface area contributed by atoms with E-state index in [0.717, 1.165) is 6.04 Å². The van der Waals surface area contributed by atoms with Gasteiger partial charge >= 0.3 is 0 Å². The van der Waals surface area contributed by atoms with Gasteiger partial charge in [-0.2, -0.15) is 0 Å². The maximum atomic E-state index is 5.88. The highest BCUT2D eigenvalue weighted by Gasteiger charge is 2.28. The minimum atomic E-state index is 0.395. The molecule has 0 amide bonds. The Bertz CT molecular complexity index is 322. The Kier molecular flexibility index (Phi) is 3.83. The molecule has 1 atom stereocenters. The summed E-state index contributed by atoms with van der Waals surface area (Å²) in [5, 5.41) is 0. The monoisotopic (exact) mass is 288 g/mol. The van der Waals surface area contributed by atoms with E-state index in [9.17, 15) is 0 Å². The average molecular weight is 289 g/mol. The summed E-state index contributed by atoms with van der Waals surface area (Å²) in [4.78, 5) is 3.82. The zero-order valence-electron chi connectivity index (χ0n) is 8.95. The second-order valence-electron chi connectivity index (χ2n) is 4.14. The lowest BCUT2D eigenvalue weighted by atomic mass is 9.90. The molecule has 0 saturated heterocycles. The van der Waals surface area contributed by atoms with Crippen molar-refractivity contribution in [2.24, 2.45) is 5.73 Å². The molecule has 1 aliphatic carbocycles. The van der Waals surface area contributed by atoms with Crippen molar-refractivity contribution in [2.45, 2.75) is 31.3 Å². The van der Waals surface area contributed by atoms with Crippen molar-refractivity contribution in [3.05, 3.63) is 20.8 Å². The molecule has 1 saturated carbocycles. The summed E-state index contributed by atoms with van der Waals surface area (Å²) >= 11 is 5.30.